The maximum Gasteiger partial charge on any atom is 0.234 e. The van der Waals surface area contributed by atoms with Gasteiger partial charge in [0.25, 0.3) is 0 Å². The number of carbonyl (C=O) groups excluding carboxylic acids is 1. The fourth-order valence-electron chi connectivity index (χ4n) is 2.80. The third-order valence-electron chi connectivity index (χ3n) is 4.50. The number of nitrogens with zero attached hydrogens (tertiary/aromatic N) is 4. The Labute approximate surface area is 163 Å². The number of anilines is 1. The minimum absolute atomic E-state index is 0.0740. The highest BCUT2D eigenvalue weighted by atomic mass is 32.2. The lowest BCUT2D eigenvalue weighted by atomic mass is 9.97. The minimum Gasteiger partial charge on any atom is -0.325 e. The van der Waals surface area contributed by atoms with Crippen LogP contribution < -0.4 is 5.32 Å². The number of nitrogens with one attached hydrogen (secondary N) is 1. The number of hydrogen-bond donors (Lipinski definition) is 1. The van der Waals surface area contributed by atoms with Gasteiger partial charge in [-0.1, -0.05) is 62.0 Å². The van der Waals surface area contributed by atoms with Crippen LogP contribution in [0.25, 0.3) is 5.69 Å². The van der Waals surface area contributed by atoms with Gasteiger partial charge in [0, 0.05) is 5.69 Å². The normalized spacial score (nSPS) is 12.0. The van der Waals surface area contributed by atoms with Crippen LogP contribution >= 0.6 is 11.8 Å². The van der Waals surface area contributed by atoms with E-state index < -0.39 is 0 Å². The first kappa shape index (κ1) is 19.1. The fourth-order valence-corrected chi connectivity index (χ4v) is 3.48. The summed E-state index contributed by atoms with van der Waals surface area (Å²) in [5, 5.41) is 15.5. The molecule has 1 aromatic heterocycles. The molecule has 0 saturated carbocycles. The van der Waals surface area contributed by atoms with Crippen LogP contribution in [0.1, 0.15) is 37.3 Å². The van der Waals surface area contributed by atoms with Crippen molar-refractivity contribution in [1.82, 2.24) is 20.2 Å². The Morgan fingerprint density at radius 1 is 1.19 bits per heavy atom. The molecule has 0 radical (unpaired) electrons. The Kier molecular flexibility index (Phi) is 6.24. The summed E-state index contributed by atoms with van der Waals surface area (Å²) in [5.41, 5.74) is 4.00. The second-order valence-electron chi connectivity index (χ2n) is 6.39. The average Bonchev–Trinajstić information content (AvgIpc) is 3.15. The van der Waals surface area contributed by atoms with Crippen LogP contribution in [0, 0.1) is 6.92 Å². The summed E-state index contributed by atoms with van der Waals surface area (Å²) < 4.78 is 1.67. The number of amides is 1. The number of aryl methyl sites for hydroxylation is 1. The van der Waals surface area contributed by atoms with Crippen molar-refractivity contribution in [2.24, 2.45) is 0 Å². The van der Waals surface area contributed by atoms with Crippen LogP contribution in [0.2, 0.25) is 0 Å². The van der Waals surface area contributed by atoms with E-state index in [0.717, 1.165) is 28.9 Å². The first-order valence-corrected chi connectivity index (χ1v) is 9.94. The first-order valence-electron chi connectivity index (χ1n) is 8.96. The molecular formula is C20H23N5OS. The third kappa shape index (κ3) is 4.54. The predicted octanol–water partition coefficient (Wildman–Crippen LogP) is 4.22. The number of carbonyl (C=O) groups is 1. The highest BCUT2D eigenvalue weighted by Crippen LogP contribution is 2.27. The van der Waals surface area contributed by atoms with E-state index in [0.29, 0.717) is 11.1 Å². The number of tetrazole rings is 1. The maximum atomic E-state index is 12.5. The van der Waals surface area contributed by atoms with Crippen LogP contribution in [0.4, 0.5) is 5.69 Å². The molecule has 1 amide bonds. The molecule has 2 aromatic carbocycles. The molecule has 1 N–H and O–H groups in total. The van der Waals surface area contributed by atoms with Gasteiger partial charge < -0.3 is 5.32 Å². The van der Waals surface area contributed by atoms with Crippen molar-refractivity contribution in [2.45, 2.75) is 38.3 Å². The van der Waals surface area contributed by atoms with Gasteiger partial charge >= 0.3 is 0 Å². The molecule has 27 heavy (non-hydrogen) atoms. The molecule has 0 saturated heterocycles. The molecule has 0 unspecified atom stereocenters. The molecule has 0 aliphatic heterocycles. The molecule has 6 nitrogen and oxygen atoms in total. The number of aromatic nitrogens is 4. The number of benzene rings is 2. The molecule has 3 rings (SSSR count). The van der Waals surface area contributed by atoms with Crippen molar-refractivity contribution in [3.05, 3.63) is 59.7 Å². The van der Waals surface area contributed by atoms with Crippen molar-refractivity contribution in [3.8, 4) is 5.69 Å². The molecule has 7 heteroatoms. The zero-order valence-corrected chi connectivity index (χ0v) is 16.5. The molecule has 0 aliphatic carbocycles. The van der Waals surface area contributed by atoms with Crippen LogP contribution in [-0.2, 0) is 4.79 Å². The SMILES string of the molecule is CC[C@@H](C)c1ccccc1NC(=O)CSc1nnnn1-c1ccccc1C. The van der Waals surface area contributed by atoms with Gasteiger partial charge in [0.2, 0.25) is 11.1 Å². The molecule has 3 aromatic rings. The molecule has 0 aliphatic rings. The van der Waals surface area contributed by atoms with Crippen LogP contribution in [0.3, 0.4) is 0 Å². The average molecular weight is 382 g/mol. The summed E-state index contributed by atoms with van der Waals surface area (Å²) in [6.45, 7) is 6.31. The van der Waals surface area contributed by atoms with Crippen molar-refractivity contribution < 1.29 is 4.79 Å². The van der Waals surface area contributed by atoms with E-state index in [-0.39, 0.29) is 11.7 Å². The lowest BCUT2D eigenvalue weighted by Crippen LogP contribution is -2.16. The smallest absolute Gasteiger partial charge is 0.234 e. The van der Waals surface area contributed by atoms with Gasteiger partial charge in [-0.3, -0.25) is 4.79 Å². The molecule has 0 spiro atoms. The van der Waals surface area contributed by atoms with E-state index in [1.54, 1.807) is 4.68 Å². The standard InChI is InChI=1S/C20H23N5OS/c1-4-14(2)16-10-6-7-11-17(16)21-19(26)13-27-20-22-23-24-25(20)18-12-8-5-9-15(18)3/h5-12,14H,4,13H2,1-3H3,(H,21,26)/t14-/m1/s1. The topological polar surface area (TPSA) is 72.7 Å². The Balaban J connectivity index is 1.68. The number of thioether (sulfide) groups is 1. The van der Waals surface area contributed by atoms with E-state index in [9.17, 15) is 4.79 Å². The molecule has 140 valence electrons. The van der Waals surface area contributed by atoms with Gasteiger partial charge in [0.1, 0.15) is 0 Å². The Bertz CT molecular complexity index is 924. The van der Waals surface area contributed by atoms with Gasteiger partial charge in [0.15, 0.2) is 0 Å². The second-order valence-corrected chi connectivity index (χ2v) is 7.34. The summed E-state index contributed by atoms with van der Waals surface area (Å²) >= 11 is 1.32. The predicted molar refractivity (Wildman–Crippen MR) is 108 cm³/mol. The maximum absolute atomic E-state index is 12.5. The highest BCUT2D eigenvalue weighted by Gasteiger charge is 2.15. The quantitative estimate of drug-likeness (QED) is 0.621. The van der Waals surface area contributed by atoms with Gasteiger partial charge in [0.05, 0.1) is 11.4 Å². The number of rotatable bonds is 7. The van der Waals surface area contributed by atoms with E-state index in [1.165, 1.54) is 11.8 Å². The molecule has 0 fully saturated rings. The third-order valence-corrected chi connectivity index (χ3v) is 5.41. The molecule has 1 atom stereocenters. The lowest BCUT2D eigenvalue weighted by molar-refractivity contribution is -0.113. The first-order chi connectivity index (χ1) is 13.1. The minimum atomic E-state index is -0.0740. The zero-order chi connectivity index (χ0) is 19.2. The van der Waals surface area contributed by atoms with E-state index in [4.69, 9.17) is 0 Å². The fraction of sp³-hybridized carbons (Fsp3) is 0.300. The van der Waals surface area contributed by atoms with Gasteiger partial charge in [-0.05, 0) is 52.9 Å². The van der Waals surface area contributed by atoms with Crippen molar-refractivity contribution in [1.29, 1.82) is 0 Å². The zero-order valence-electron chi connectivity index (χ0n) is 15.7. The van der Waals surface area contributed by atoms with Gasteiger partial charge in [-0.25, -0.2) is 0 Å². The summed E-state index contributed by atoms with van der Waals surface area (Å²) in [4.78, 5) is 12.5. The van der Waals surface area contributed by atoms with Crippen molar-refractivity contribution in [2.75, 3.05) is 11.1 Å². The van der Waals surface area contributed by atoms with Gasteiger partial charge in [-0.2, -0.15) is 4.68 Å². The van der Waals surface area contributed by atoms with E-state index in [1.807, 2.05) is 49.4 Å². The van der Waals surface area contributed by atoms with Crippen LogP contribution in [0.15, 0.2) is 53.7 Å². The van der Waals surface area contributed by atoms with E-state index in [2.05, 4.69) is 40.8 Å². The molecule has 1 heterocycles. The van der Waals surface area contributed by atoms with Crippen LogP contribution in [0.5, 0.6) is 0 Å². The number of hydrogen-bond acceptors (Lipinski definition) is 5. The number of para-hydroxylation sites is 2. The van der Waals surface area contributed by atoms with Crippen molar-refractivity contribution >= 4 is 23.4 Å². The summed E-state index contributed by atoms with van der Waals surface area (Å²) in [6.07, 6.45) is 1.02. The summed E-state index contributed by atoms with van der Waals surface area (Å²) in [5.74, 6) is 0.554. The Morgan fingerprint density at radius 2 is 1.93 bits per heavy atom. The van der Waals surface area contributed by atoms with E-state index >= 15 is 0 Å². The molecular weight excluding hydrogens is 358 g/mol. The largest absolute Gasteiger partial charge is 0.325 e. The highest BCUT2D eigenvalue weighted by molar-refractivity contribution is 7.99. The van der Waals surface area contributed by atoms with Gasteiger partial charge in [-0.15, -0.1) is 5.10 Å². The Hall–Kier alpha value is -2.67. The molecule has 0 bridgehead atoms. The monoisotopic (exact) mass is 381 g/mol. The summed E-state index contributed by atoms with van der Waals surface area (Å²) in [6, 6.07) is 15.8. The van der Waals surface area contributed by atoms with Crippen LogP contribution in [-0.4, -0.2) is 31.9 Å². The Morgan fingerprint density at radius 3 is 2.70 bits per heavy atom. The lowest BCUT2D eigenvalue weighted by Gasteiger charge is -2.15. The summed E-state index contributed by atoms with van der Waals surface area (Å²) in [7, 11) is 0. The van der Waals surface area contributed by atoms with Crippen molar-refractivity contribution in [3.63, 3.8) is 0 Å². The second kappa shape index (κ2) is 8.81.